The highest BCUT2D eigenvalue weighted by atomic mass is 16.2. The molecule has 0 radical (unpaired) electrons. The Hall–Kier alpha value is -3.40. The lowest BCUT2D eigenvalue weighted by molar-refractivity contribution is -0.124. The molecule has 0 saturated carbocycles. The van der Waals surface area contributed by atoms with Crippen molar-refractivity contribution in [2.45, 2.75) is 19.8 Å². The molecule has 0 aromatic heterocycles. The first-order valence-electron chi connectivity index (χ1n) is 9.28. The standard InChI is InChI=1S/C24H24N2O2/c1-17-13-18(2)15-21(14-17)26-22(27)16-25-24(28)23(19-9-5-3-6-10-19)20-11-7-4-8-12-20/h3-15,23H,16H2,1-2H3,(H,25,28)(H,26,27). The van der Waals surface area contributed by atoms with E-state index >= 15 is 0 Å². The van der Waals surface area contributed by atoms with E-state index in [0.717, 1.165) is 27.9 Å². The van der Waals surface area contributed by atoms with Crippen molar-refractivity contribution in [3.63, 3.8) is 0 Å². The summed E-state index contributed by atoms with van der Waals surface area (Å²) in [5, 5.41) is 5.62. The number of rotatable bonds is 6. The lowest BCUT2D eigenvalue weighted by Crippen LogP contribution is -2.36. The monoisotopic (exact) mass is 372 g/mol. The van der Waals surface area contributed by atoms with Crippen LogP contribution in [0.5, 0.6) is 0 Å². The number of hydrogen-bond acceptors (Lipinski definition) is 2. The average Bonchev–Trinajstić information content (AvgIpc) is 2.67. The number of carbonyl (C=O) groups is 2. The molecule has 0 heterocycles. The maximum Gasteiger partial charge on any atom is 0.243 e. The average molecular weight is 372 g/mol. The molecule has 0 aliphatic heterocycles. The van der Waals surface area contributed by atoms with Crippen molar-refractivity contribution in [1.29, 1.82) is 0 Å². The van der Waals surface area contributed by atoms with Gasteiger partial charge in [-0.3, -0.25) is 9.59 Å². The quantitative estimate of drug-likeness (QED) is 0.682. The number of carbonyl (C=O) groups excluding carboxylic acids is 2. The molecule has 3 aromatic carbocycles. The molecule has 0 bridgehead atoms. The maximum absolute atomic E-state index is 12.9. The van der Waals surface area contributed by atoms with Crippen molar-refractivity contribution < 1.29 is 9.59 Å². The highest BCUT2D eigenvalue weighted by Crippen LogP contribution is 2.24. The Bertz CT molecular complexity index is 893. The molecule has 0 saturated heterocycles. The summed E-state index contributed by atoms with van der Waals surface area (Å²) >= 11 is 0. The highest BCUT2D eigenvalue weighted by molar-refractivity contribution is 5.96. The van der Waals surface area contributed by atoms with Gasteiger partial charge in [-0.05, 0) is 48.2 Å². The minimum atomic E-state index is -0.462. The fraction of sp³-hybridized carbons (Fsp3) is 0.167. The third-order valence-corrected chi connectivity index (χ3v) is 4.46. The number of anilines is 1. The zero-order valence-corrected chi connectivity index (χ0v) is 16.1. The Labute approximate surface area is 165 Å². The second-order valence-electron chi connectivity index (χ2n) is 6.90. The summed E-state index contributed by atoms with van der Waals surface area (Å²) in [6.45, 7) is 3.88. The van der Waals surface area contributed by atoms with Crippen LogP contribution in [-0.2, 0) is 9.59 Å². The first-order chi connectivity index (χ1) is 13.5. The molecule has 3 rings (SSSR count). The lowest BCUT2D eigenvalue weighted by Gasteiger charge is -2.18. The van der Waals surface area contributed by atoms with E-state index in [2.05, 4.69) is 10.6 Å². The van der Waals surface area contributed by atoms with E-state index in [-0.39, 0.29) is 18.4 Å². The van der Waals surface area contributed by atoms with Gasteiger partial charge in [0.05, 0.1) is 12.5 Å². The van der Waals surface area contributed by atoms with Gasteiger partial charge >= 0.3 is 0 Å². The van der Waals surface area contributed by atoms with Crippen LogP contribution >= 0.6 is 0 Å². The van der Waals surface area contributed by atoms with Crippen molar-refractivity contribution in [2.24, 2.45) is 0 Å². The summed E-state index contributed by atoms with van der Waals surface area (Å²) < 4.78 is 0. The van der Waals surface area contributed by atoms with Crippen LogP contribution in [0.2, 0.25) is 0 Å². The van der Waals surface area contributed by atoms with E-state index in [0.29, 0.717) is 0 Å². The number of aryl methyl sites for hydroxylation is 2. The molecule has 0 aliphatic carbocycles. The van der Waals surface area contributed by atoms with Crippen LogP contribution in [0.4, 0.5) is 5.69 Å². The molecule has 2 N–H and O–H groups in total. The van der Waals surface area contributed by atoms with E-state index < -0.39 is 5.92 Å². The smallest absolute Gasteiger partial charge is 0.243 e. The van der Waals surface area contributed by atoms with Gasteiger partial charge < -0.3 is 10.6 Å². The largest absolute Gasteiger partial charge is 0.346 e. The number of nitrogens with one attached hydrogen (secondary N) is 2. The van der Waals surface area contributed by atoms with Crippen molar-refractivity contribution in [1.82, 2.24) is 5.32 Å². The molecule has 0 spiro atoms. The van der Waals surface area contributed by atoms with Gasteiger partial charge in [0.2, 0.25) is 11.8 Å². The molecular weight excluding hydrogens is 348 g/mol. The van der Waals surface area contributed by atoms with Crippen LogP contribution in [0.15, 0.2) is 78.9 Å². The first kappa shape index (κ1) is 19.4. The van der Waals surface area contributed by atoms with Crippen LogP contribution in [0.3, 0.4) is 0 Å². The number of benzene rings is 3. The van der Waals surface area contributed by atoms with Gasteiger partial charge in [-0.15, -0.1) is 0 Å². The third-order valence-electron chi connectivity index (χ3n) is 4.46. The molecule has 0 atom stereocenters. The van der Waals surface area contributed by atoms with Crippen LogP contribution < -0.4 is 10.6 Å². The summed E-state index contributed by atoms with van der Waals surface area (Å²) in [6.07, 6.45) is 0. The number of hydrogen-bond donors (Lipinski definition) is 2. The summed E-state index contributed by atoms with van der Waals surface area (Å²) in [4.78, 5) is 25.2. The molecule has 0 aliphatic rings. The van der Waals surface area contributed by atoms with Crippen LogP contribution in [0, 0.1) is 13.8 Å². The van der Waals surface area contributed by atoms with Gasteiger partial charge in [0.25, 0.3) is 0 Å². The second kappa shape index (κ2) is 9.00. The van der Waals surface area contributed by atoms with Crippen LogP contribution in [0.25, 0.3) is 0 Å². The Balaban J connectivity index is 1.69. The van der Waals surface area contributed by atoms with E-state index in [1.807, 2.05) is 92.7 Å². The molecular formula is C24H24N2O2. The first-order valence-corrected chi connectivity index (χ1v) is 9.28. The Morgan fingerprint density at radius 3 is 1.79 bits per heavy atom. The molecule has 2 amide bonds. The minimum absolute atomic E-state index is 0.0814. The summed E-state index contributed by atoms with van der Waals surface area (Å²) in [6, 6.07) is 25.0. The minimum Gasteiger partial charge on any atom is -0.346 e. The fourth-order valence-corrected chi connectivity index (χ4v) is 3.31. The second-order valence-corrected chi connectivity index (χ2v) is 6.90. The normalized spacial score (nSPS) is 10.5. The zero-order valence-electron chi connectivity index (χ0n) is 16.1. The van der Waals surface area contributed by atoms with E-state index in [4.69, 9.17) is 0 Å². The summed E-state index contributed by atoms with van der Waals surface area (Å²) in [5.74, 6) is -0.914. The number of amides is 2. The van der Waals surface area contributed by atoms with Crippen molar-refractivity contribution >= 4 is 17.5 Å². The maximum atomic E-state index is 12.9. The van der Waals surface area contributed by atoms with Gasteiger partial charge in [-0.25, -0.2) is 0 Å². The Kier molecular flexibility index (Phi) is 6.22. The molecule has 0 fully saturated rings. The van der Waals surface area contributed by atoms with Gasteiger partial charge in [0, 0.05) is 5.69 Å². The predicted octanol–water partition coefficient (Wildman–Crippen LogP) is 4.19. The van der Waals surface area contributed by atoms with E-state index in [1.54, 1.807) is 0 Å². The van der Waals surface area contributed by atoms with E-state index in [9.17, 15) is 9.59 Å². The van der Waals surface area contributed by atoms with Gasteiger partial charge in [0.1, 0.15) is 0 Å². The van der Waals surface area contributed by atoms with Crippen molar-refractivity contribution in [2.75, 3.05) is 11.9 Å². The Morgan fingerprint density at radius 1 is 0.786 bits per heavy atom. The van der Waals surface area contributed by atoms with Crippen LogP contribution in [0.1, 0.15) is 28.2 Å². The predicted molar refractivity (Wildman–Crippen MR) is 112 cm³/mol. The summed E-state index contributed by atoms with van der Waals surface area (Å²) in [7, 11) is 0. The highest BCUT2D eigenvalue weighted by Gasteiger charge is 2.22. The van der Waals surface area contributed by atoms with Gasteiger partial charge in [-0.1, -0.05) is 66.7 Å². The van der Waals surface area contributed by atoms with E-state index in [1.165, 1.54) is 0 Å². The fourth-order valence-electron chi connectivity index (χ4n) is 3.31. The Morgan fingerprint density at radius 2 is 1.29 bits per heavy atom. The van der Waals surface area contributed by atoms with Crippen molar-refractivity contribution in [3.05, 3.63) is 101 Å². The van der Waals surface area contributed by atoms with Gasteiger partial charge in [-0.2, -0.15) is 0 Å². The van der Waals surface area contributed by atoms with Crippen LogP contribution in [-0.4, -0.2) is 18.4 Å². The molecule has 28 heavy (non-hydrogen) atoms. The molecule has 4 heteroatoms. The molecule has 142 valence electrons. The van der Waals surface area contributed by atoms with Crippen molar-refractivity contribution in [3.8, 4) is 0 Å². The zero-order chi connectivity index (χ0) is 19.9. The lowest BCUT2D eigenvalue weighted by atomic mass is 9.90. The molecule has 4 nitrogen and oxygen atoms in total. The molecule has 3 aromatic rings. The summed E-state index contributed by atoms with van der Waals surface area (Å²) in [5.41, 5.74) is 4.67. The topological polar surface area (TPSA) is 58.2 Å². The SMILES string of the molecule is Cc1cc(C)cc(NC(=O)CNC(=O)C(c2ccccc2)c2ccccc2)c1. The molecule has 0 unspecified atom stereocenters. The van der Waals surface area contributed by atoms with Gasteiger partial charge in [0.15, 0.2) is 0 Å². The third kappa shape index (κ3) is 5.07.